The summed E-state index contributed by atoms with van der Waals surface area (Å²) in [7, 11) is 0. The van der Waals surface area contributed by atoms with Crippen molar-refractivity contribution in [2.75, 3.05) is 31.1 Å². The van der Waals surface area contributed by atoms with Crippen LogP contribution in [-0.2, 0) is 12.8 Å². The predicted octanol–water partition coefficient (Wildman–Crippen LogP) is 3.68. The minimum Gasteiger partial charge on any atom is -0.433 e. The Hall–Kier alpha value is -2.42. The normalized spacial score (nSPS) is 16.9. The smallest absolute Gasteiger partial charge is 0.387 e. The van der Waals surface area contributed by atoms with Gasteiger partial charge in [-0.15, -0.1) is 11.3 Å². The lowest BCUT2D eigenvalue weighted by Crippen LogP contribution is -2.44. The van der Waals surface area contributed by atoms with E-state index in [0.717, 1.165) is 49.0 Å². The van der Waals surface area contributed by atoms with Gasteiger partial charge in [-0.3, -0.25) is 4.99 Å². The molecule has 2 heterocycles. The van der Waals surface area contributed by atoms with E-state index < -0.39 is 6.61 Å². The first-order valence-electron chi connectivity index (χ1n) is 10.4. The molecule has 0 bridgehead atoms. The fourth-order valence-corrected chi connectivity index (χ4v) is 4.21. The molecule has 3 rings (SSSR count). The van der Waals surface area contributed by atoms with Crippen LogP contribution in [0, 0.1) is 0 Å². The van der Waals surface area contributed by atoms with Gasteiger partial charge in [0.25, 0.3) is 0 Å². The second-order valence-corrected chi connectivity index (χ2v) is 7.96. The van der Waals surface area contributed by atoms with E-state index >= 15 is 0 Å². The number of hydrogen-bond donors (Lipinski definition) is 2. The molecule has 1 unspecified atom stereocenters. The number of thiazole rings is 1. The van der Waals surface area contributed by atoms with E-state index in [4.69, 9.17) is 0 Å². The average molecular weight is 438 g/mol. The summed E-state index contributed by atoms with van der Waals surface area (Å²) in [4.78, 5) is 11.3. The van der Waals surface area contributed by atoms with Crippen molar-refractivity contribution in [2.24, 2.45) is 4.99 Å². The van der Waals surface area contributed by atoms with Crippen LogP contribution in [0.5, 0.6) is 5.75 Å². The number of aryl methyl sites for hydroxylation is 1. The van der Waals surface area contributed by atoms with Crippen LogP contribution in [0.25, 0.3) is 0 Å². The molecule has 1 aliphatic rings. The monoisotopic (exact) mass is 437 g/mol. The fourth-order valence-electron chi connectivity index (χ4n) is 3.43. The summed E-state index contributed by atoms with van der Waals surface area (Å²) < 4.78 is 30.1. The molecule has 0 saturated carbocycles. The lowest BCUT2D eigenvalue weighted by molar-refractivity contribution is -0.0495. The van der Waals surface area contributed by atoms with Crippen molar-refractivity contribution >= 4 is 23.0 Å². The number of para-hydroxylation sites is 2. The molecule has 1 atom stereocenters. The van der Waals surface area contributed by atoms with Gasteiger partial charge in [-0.25, -0.2) is 4.98 Å². The number of anilines is 1. The molecule has 30 heavy (non-hydrogen) atoms. The lowest BCUT2D eigenvalue weighted by atomic mass is 10.2. The Morgan fingerprint density at radius 2 is 2.20 bits per heavy atom. The van der Waals surface area contributed by atoms with Gasteiger partial charge in [0.05, 0.1) is 16.4 Å². The van der Waals surface area contributed by atoms with Crippen LogP contribution in [0.4, 0.5) is 14.5 Å². The molecule has 1 fully saturated rings. The van der Waals surface area contributed by atoms with E-state index in [1.807, 2.05) is 19.1 Å². The molecule has 164 valence electrons. The summed E-state index contributed by atoms with van der Waals surface area (Å²) in [5.74, 6) is 0.982. The Morgan fingerprint density at radius 1 is 1.37 bits per heavy atom. The van der Waals surface area contributed by atoms with Crippen molar-refractivity contribution in [1.82, 2.24) is 15.6 Å². The van der Waals surface area contributed by atoms with Gasteiger partial charge in [-0.2, -0.15) is 8.78 Å². The van der Waals surface area contributed by atoms with Crippen molar-refractivity contribution in [1.29, 1.82) is 0 Å². The van der Waals surface area contributed by atoms with E-state index in [0.29, 0.717) is 18.8 Å². The number of hydrogen-bond acceptors (Lipinski definition) is 5. The van der Waals surface area contributed by atoms with Crippen LogP contribution in [-0.4, -0.2) is 49.8 Å². The Morgan fingerprint density at radius 3 is 2.93 bits per heavy atom. The van der Waals surface area contributed by atoms with E-state index in [2.05, 4.69) is 42.6 Å². The van der Waals surface area contributed by atoms with Crippen LogP contribution < -0.4 is 20.3 Å². The fraction of sp³-hybridized carbons (Fsp3) is 0.524. The number of halogens is 2. The largest absolute Gasteiger partial charge is 0.433 e. The summed E-state index contributed by atoms with van der Waals surface area (Å²) >= 11 is 1.69. The van der Waals surface area contributed by atoms with Gasteiger partial charge < -0.3 is 20.3 Å². The zero-order chi connectivity index (χ0) is 21.3. The molecule has 9 heteroatoms. The molecule has 0 radical (unpaired) electrons. The topological polar surface area (TPSA) is 61.8 Å². The van der Waals surface area contributed by atoms with E-state index in [9.17, 15) is 8.78 Å². The molecule has 6 nitrogen and oxygen atoms in total. The summed E-state index contributed by atoms with van der Waals surface area (Å²) in [6.07, 6.45) is 2.66. The number of aromatic nitrogens is 1. The minimum absolute atomic E-state index is 0.174. The molecule has 0 amide bonds. The molecule has 1 aromatic heterocycles. The molecule has 1 saturated heterocycles. The molecular formula is C21H29F2N5OS. The summed E-state index contributed by atoms with van der Waals surface area (Å²) in [6, 6.07) is 7.11. The summed E-state index contributed by atoms with van der Waals surface area (Å²) in [5, 5.41) is 10.0. The standard InChI is InChI=1S/C21H29F2N5OS/c1-3-19-26-16(14-30-19)9-11-25-21(24-4-2)27-15-10-12-28(13-15)17-7-5-6-8-18(17)29-20(22)23/h5-8,14-15,20H,3-4,9-13H2,1-2H3,(H2,24,25,27). The quantitative estimate of drug-likeness (QED) is 0.463. The highest BCUT2D eigenvalue weighted by atomic mass is 32.1. The van der Waals surface area contributed by atoms with Crippen molar-refractivity contribution in [3.05, 3.63) is 40.3 Å². The Balaban J connectivity index is 1.56. The number of guanidine groups is 1. The maximum Gasteiger partial charge on any atom is 0.387 e. The van der Waals surface area contributed by atoms with Crippen molar-refractivity contribution < 1.29 is 13.5 Å². The zero-order valence-corrected chi connectivity index (χ0v) is 18.2. The number of nitrogens with zero attached hydrogens (tertiary/aromatic N) is 3. The van der Waals surface area contributed by atoms with Gasteiger partial charge >= 0.3 is 6.61 Å². The molecule has 0 spiro atoms. The molecule has 1 aromatic carbocycles. The number of ether oxygens (including phenoxy) is 1. The number of alkyl halides is 2. The van der Waals surface area contributed by atoms with Gasteiger partial charge in [0.15, 0.2) is 5.96 Å². The van der Waals surface area contributed by atoms with Crippen LogP contribution >= 0.6 is 11.3 Å². The minimum atomic E-state index is -2.83. The molecule has 1 aliphatic heterocycles. The molecule has 2 N–H and O–H groups in total. The van der Waals surface area contributed by atoms with Crippen molar-refractivity contribution in [3.8, 4) is 5.75 Å². The van der Waals surface area contributed by atoms with E-state index in [-0.39, 0.29) is 11.8 Å². The first-order valence-corrected chi connectivity index (χ1v) is 11.2. The summed E-state index contributed by atoms with van der Waals surface area (Å²) in [6.45, 7) is 4.19. The number of nitrogens with one attached hydrogen (secondary N) is 2. The van der Waals surface area contributed by atoms with Crippen LogP contribution in [0.2, 0.25) is 0 Å². The number of benzene rings is 1. The third kappa shape index (κ3) is 6.29. The molecular weight excluding hydrogens is 408 g/mol. The third-order valence-corrected chi connectivity index (χ3v) is 5.88. The van der Waals surface area contributed by atoms with Crippen molar-refractivity contribution in [2.45, 2.75) is 45.8 Å². The Bertz CT molecular complexity index is 829. The lowest BCUT2D eigenvalue weighted by Gasteiger charge is -2.22. The number of rotatable bonds is 9. The van der Waals surface area contributed by atoms with Crippen LogP contribution in [0.15, 0.2) is 34.6 Å². The Labute approximate surface area is 180 Å². The number of aliphatic imine (C=N–C) groups is 1. The first-order chi connectivity index (χ1) is 14.6. The highest BCUT2D eigenvalue weighted by Gasteiger charge is 2.26. The van der Waals surface area contributed by atoms with Gasteiger partial charge in [-0.1, -0.05) is 19.1 Å². The second-order valence-electron chi connectivity index (χ2n) is 7.02. The second kappa shape index (κ2) is 11.1. The van der Waals surface area contributed by atoms with Gasteiger partial charge in [0, 0.05) is 44.0 Å². The first kappa shape index (κ1) is 22.3. The maximum atomic E-state index is 12.7. The van der Waals surface area contributed by atoms with E-state index in [1.54, 1.807) is 23.5 Å². The van der Waals surface area contributed by atoms with Crippen LogP contribution in [0.3, 0.4) is 0 Å². The highest BCUT2D eigenvalue weighted by molar-refractivity contribution is 7.09. The van der Waals surface area contributed by atoms with Gasteiger partial charge in [0.2, 0.25) is 0 Å². The highest BCUT2D eigenvalue weighted by Crippen LogP contribution is 2.31. The van der Waals surface area contributed by atoms with Crippen molar-refractivity contribution in [3.63, 3.8) is 0 Å². The summed E-state index contributed by atoms with van der Waals surface area (Å²) in [5.41, 5.74) is 1.78. The predicted molar refractivity (Wildman–Crippen MR) is 118 cm³/mol. The SMILES string of the molecule is CCNC(=NCCc1csc(CC)n1)NC1CCN(c2ccccc2OC(F)F)C1. The molecule has 0 aliphatic carbocycles. The average Bonchev–Trinajstić information content (AvgIpc) is 3.37. The zero-order valence-electron chi connectivity index (χ0n) is 17.4. The Kier molecular flexibility index (Phi) is 8.24. The third-order valence-electron chi connectivity index (χ3n) is 4.83. The van der Waals surface area contributed by atoms with Crippen LogP contribution in [0.1, 0.15) is 31.0 Å². The van der Waals surface area contributed by atoms with Gasteiger partial charge in [0.1, 0.15) is 5.75 Å². The van der Waals surface area contributed by atoms with Gasteiger partial charge in [-0.05, 0) is 31.9 Å². The maximum absolute atomic E-state index is 12.7. The van der Waals surface area contributed by atoms with E-state index in [1.165, 1.54) is 0 Å². The molecule has 2 aromatic rings.